The molecule has 1 aromatic carbocycles. The van der Waals surface area contributed by atoms with E-state index >= 15 is 0 Å². The number of rotatable bonds is 7. The third kappa shape index (κ3) is 5.93. The molecule has 0 N–H and O–H groups in total. The molecule has 3 aromatic rings. The second-order valence-electron chi connectivity index (χ2n) is 8.22. The standard InChI is InChI=1S/C25H30N4O2S/c1-19-4-3-12-26-23(19)10-7-21-5-8-22(9-6-21)31-25(30)29-16-14-28(15-17-29)13-11-24-20(2)27-18-32-24/h3-6,8-9,12,18H,7,10-11,13-17H2,1-2H3. The van der Waals surface area contributed by atoms with Crippen molar-refractivity contribution in [1.29, 1.82) is 0 Å². The highest BCUT2D eigenvalue weighted by atomic mass is 32.1. The summed E-state index contributed by atoms with van der Waals surface area (Å²) in [4.78, 5) is 26.9. The highest BCUT2D eigenvalue weighted by Gasteiger charge is 2.22. The van der Waals surface area contributed by atoms with Crippen LogP contribution < -0.4 is 4.74 Å². The Morgan fingerprint density at radius 2 is 1.78 bits per heavy atom. The van der Waals surface area contributed by atoms with Gasteiger partial charge in [0.15, 0.2) is 0 Å². The quantitative estimate of drug-likeness (QED) is 0.537. The van der Waals surface area contributed by atoms with E-state index in [0.717, 1.165) is 50.3 Å². The van der Waals surface area contributed by atoms with E-state index in [9.17, 15) is 4.79 Å². The third-order valence-electron chi connectivity index (χ3n) is 6.03. The first kappa shape index (κ1) is 22.4. The van der Waals surface area contributed by atoms with Gasteiger partial charge in [0.2, 0.25) is 0 Å². The van der Waals surface area contributed by atoms with E-state index in [1.807, 2.05) is 42.0 Å². The minimum atomic E-state index is -0.264. The van der Waals surface area contributed by atoms with E-state index in [4.69, 9.17) is 4.74 Å². The van der Waals surface area contributed by atoms with E-state index in [2.05, 4.69) is 34.8 Å². The predicted molar refractivity (Wildman–Crippen MR) is 127 cm³/mol. The Labute approximate surface area is 193 Å². The summed E-state index contributed by atoms with van der Waals surface area (Å²) in [5.41, 5.74) is 6.60. The first-order chi connectivity index (χ1) is 15.6. The van der Waals surface area contributed by atoms with Gasteiger partial charge in [-0.05, 0) is 62.4 Å². The first-order valence-electron chi connectivity index (χ1n) is 11.2. The SMILES string of the molecule is Cc1cccnc1CCc1ccc(OC(=O)N2CCN(CCc3scnc3C)CC2)cc1. The number of aryl methyl sites for hydroxylation is 4. The number of thiazole rings is 1. The molecule has 0 atom stereocenters. The van der Waals surface area contributed by atoms with Gasteiger partial charge in [-0.25, -0.2) is 9.78 Å². The molecule has 7 heteroatoms. The van der Waals surface area contributed by atoms with Gasteiger partial charge in [-0.2, -0.15) is 0 Å². The molecule has 0 spiro atoms. The molecule has 3 heterocycles. The Hall–Kier alpha value is -2.77. The van der Waals surface area contributed by atoms with Crippen LogP contribution in [0.3, 0.4) is 0 Å². The monoisotopic (exact) mass is 450 g/mol. The van der Waals surface area contributed by atoms with Crippen LogP contribution in [0.25, 0.3) is 0 Å². The number of hydrogen-bond acceptors (Lipinski definition) is 6. The fraction of sp³-hybridized carbons (Fsp3) is 0.400. The van der Waals surface area contributed by atoms with E-state index in [1.54, 1.807) is 16.2 Å². The number of benzene rings is 1. The zero-order chi connectivity index (χ0) is 22.3. The van der Waals surface area contributed by atoms with Crippen LogP contribution in [0.2, 0.25) is 0 Å². The first-order valence-corrected chi connectivity index (χ1v) is 12.0. The largest absolute Gasteiger partial charge is 0.415 e. The van der Waals surface area contributed by atoms with Gasteiger partial charge in [0, 0.05) is 49.5 Å². The number of pyridine rings is 1. The number of carbonyl (C=O) groups excluding carboxylic acids is 1. The van der Waals surface area contributed by atoms with Gasteiger partial charge < -0.3 is 9.64 Å². The van der Waals surface area contributed by atoms with E-state index in [-0.39, 0.29) is 6.09 Å². The van der Waals surface area contributed by atoms with Crippen LogP contribution in [0, 0.1) is 13.8 Å². The number of hydrogen-bond donors (Lipinski definition) is 0. The lowest BCUT2D eigenvalue weighted by atomic mass is 10.1. The van der Waals surface area contributed by atoms with Gasteiger partial charge in [0.05, 0.1) is 11.2 Å². The summed E-state index contributed by atoms with van der Waals surface area (Å²) in [5.74, 6) is 0.593. The molecule has 0 bridgehead atoms. The van der Waals surface area contributed by atoms with Crippen LogP contribution in [-0.4, -0.2) is 58.6 Å². The van der Waals surface area contributed by atoms with Crippen molar-refractivity contribution in [2.24, 2.45) is 0 Å². The summed E-state index contributed by atoms with van der Waals surface area (Å²) in [7, 11) is 0. The topological polar surface area (TPSA) is 58.6 Å². The molecule has 4 rings (SSSR count). The number of piperazine rings is 1. The highest BCUT2D eigenvalue weighted by Crippen LogP contribution is 2.17. The summed E-state index contributed by atoms with van der Waals surface area (Å²) in [6, 6.07) is 11.9. The summed E-state index contributed by atoms with van der Waals surface area (Å²) in [5, 5.41) is 0. The van der Waals surface area contributed by atoms with Gasteiger partial charge >= 0.3 is 6.09 Å². The molecule has 0 aliphatic carbocycles. The Balaban J connectivity index is 1.20. The lowest BCUT2D eigenvalue weighted by Gasteiger charge is -2.33. The molecule has 0 unspecified atom stereocenters. The average Bonchev–Trinajstić information content (AvgIpc) is 3.23. The minimum Gasteiger partial charge on any atom is -0.410 e. The van der Waals surface area contributed by atoms with Crippen molar-refractivity contribution < 1.29 is 9.53 Å². The molecule has 1 saturated heterocycles. The van der Waals surface area contributed by atoms with E-state index < -0.39 is 0 Å². The Bertz CT molecular complexity index is 1030. The molecular formula is C25H30N4O2S. The number of aromatic nitrogens is 2. The summed E-state index contributed by atoms with van der Waals surface area (Å²) >= 11 is 1.72. The molecule has 2 aromatic heterocycles. The summed E-state index contributed by atoms with van der Waals surface area (Å²) < 4.78 is 5.61. The fourth-order valence-electron chi connectivity index (χ4n) is 3.91. The zero-order valence-electron chi connectivity index (χ0n) is 18.8. The van der Waals surface area contributed by atoms with Crippen LogP contribution in [0.5, 0.6) is 5.75 Å². The van der Waals surface area contributed by atoms with Crippen LogP contribution in [0.4, 0.5) is 4.79 Å². The van der Waals surface area contributed by atoms with E-state index in [0.29, 0.717) is 18.8 Å². The molecule has 6 nitrogen and oxygen atoms in total. The molecule has 1 fully saturated rings. The second-order valence-corrected chi connectivity index (χ2v) is 9.16. The molecule has 1 aliphatic rings. The van der Waals surface area contributed by atoms with Gasteiger partial charge in [-0.15, -0.1) is 11.3 Å². The van der Waals surface area contributed by atoms with Gasteiger partial charge in [-0.1, -0.05) is 18.2 Å². The normalized spacial score (nSPS) is 14.5. The van der Waals surface area contributed by atoms with Crippen molar-refractivity contribution in [3.8, 4) is 5.75 Å². The number of nitrogens with zero attached hydrogens (tertiary/aromatic N) is 4. The van der Waals surface area contributed by atoms with Crippen molar-refractivity contribution in [2.75, 3.05) is 32.7 Å². The Kier molecular flexibility index (Phi) is 7.50. The maximum Gasteiger partial charge on any atom is 0.415 e. The van der Waals surface area contributed by atoms with Crippen molar-refractivity contribution in [2.45, 2.75) is 33.1 Å². The maximum atomic E-state index is 12.6. The van der Waals surface area contributed by atoms with Crippen molar-refractivity contribution >= 4 is 17.4 Å². The van der Waals surface area contributed by atoms with Crippen molar-refractivity contribution in [3.05, 3.63) is 75.5 Å². The molecule has 0 saturated carbocycles. The summed E-state index contributed by atoms with van der Waals surface area (Å²) in [6.45, 7) is 8.30. The Morgan fingerprint density at radius 3 is 2.47 bits per heavy atom. The predicted octanol–water partition coefficient (Wildman–Crippen LogP) is 4.30. The lowest BCUT2D eigenvalue weighted by molar-refractivity contribution is 0.111. The highest BCUT2D eigenvalue weighted by molar-refractivity contribution is 7.09. The maximum absolute atomic E-state index is 12.6. The smallest absolute Gasteiger partial charge is 0.410 e. The summed E-state index contributed by atoms with van der Waals surface area (Å²) in [6.07, 6.45) is 4.41. The number of amides is 1. The number of carbonyl (C=O) groups is 1. The molecule has 1 amide bonds. The minimum absolute atomic E-state index is 0.264. The second kappa shape index (κ2) is 10.7. The average molecular weight is 451 g/mol. The Morgan fingerprint density at radius 1 is 1.00 bits per heavy atom. The van der Waals surface area contributed by atoms with Gasteiger partial charge in [0.25, 0.3) is 0 Å². The van der Waals surface area contributed by atoms with Crippen LogP contribution >= 0.6 is 11.3 Å². The zero-order valence-corrected chi connectivity index (χ0v) is 19.6. The van der Waals surface area contributed by atoms with Crippen LogP contribution in [0.15, 0.2) is 48.1 Å². The third-order valence-corrected chi connectivity index (χ3v) is 7.02. The van der Waals surface area contributed by atoms with Crippen molar-refractivity contribution in [3.63, 3.8) is 0 Å². The fourth-order valence-corrected chi connectivity index (χ4v) is 4.68. The van der Waals surface area contributed by atoms with Gasteiger partial charge in [-0.3, -0.25) is 9.88 Å². The lowest BCUT2D eigenvalue weighted by Crippen LogP contribution is -2.49. The van der Waals surface area contributed by atoms with Crippen LogP contribution in [-0.2, 0) is 19.3 Å². The molecule has 32 heavy (non-hydrogen) atoms. The number of ether oxygens (including phenoxy) is 1. The molecule has 0 radical (unpaired) electrons. The van der Waals surface area contributed by atoms with Crippen LogP contribution in [0.1, 0.15) is 27.4 Å². The molecule has 168 valence electrons. The van der Waals surface area contributed by atoms with Gasteiger partial charge in [0.1, 0.15) is 5.75 Å². The molecule has 1 aliphatic heterocycles. The van der Waals surface area contributed by atoms with Crippen molar-refractivity contribution in [1.82, 2.24) is 19.8 Å². The van der Waals surface area contributed by atoms with E-state index in [1.165, 1.54) is 16.0 Å². The molecular weight excluding hydrogens is 420 g/mol.